The van der Waals surface area contributed by atoms with Crippen LogP contribution in [0.4, 0.5) is 13.2 Å². The largest absolute Gasteiger partial charge is 0.490 e. The van der Waals surface area contributed by atoms with Gasteiger partial charge in [-0.3, -0.25) is 9.78 Å². The lowest BCUT2D eigenvalue weighted by Gasteiger charge is -2.20. The van der Waals surface area contributed by atoms with Gasteiger partial charge in [-0.1, -0.05) is 6.07 Å². The molecule has 3 heterocycles. The number of carboxylic acid groups (broad SMARTS) is 1. The molecule has 3 atom stereocenters. The number of amides is 1. The van der Waals surface area contributed by atoms with Crippen molar-refractivity contribution in [2.45, 2.75) is 25.3 Å². The van der Waals surface area contributed by atoms with Gasteiger partial charge in [0.05, 0.1) is 31.0 Å². The van der Waals surface area contributed by atoms with Crippen LogP contribution in [-0.2, 0) is 20.9 Å². The summed E-state index contributed by atoms with van der Waals surface area (Å²) in [6.07, 6.45) is -0.513. The number of carboxylic acids is 1. The molecule has 35 heavy (non-hydrogen) atoms. The Morgan fingerprint density at radius 3 is 2.60 bits per heavy atom. The average molecular weight is 491 g/mol. The minimum Gasteiger partial charge on any atom is -0.475 e. The van der Waals surface area contributed by atoms with Crippen molar-refractivity contribution in [3.8, 4) is 6.07 Å². The molecule has 2 aliphatic heterocycles. The van der Waals surface area contributed by atoms with E-state index in [1.54, 1.807) is 36.7 Å². The molecule has 1 amide bonds. The summed E-state index contributed by atoms with van der Waals surface area (Å²) in [5, 5.41) is 16.2. The molecule has 2 fully saturated rings. The number of fused-ring (bicyclic) bond motifs is 1. The Morgan fingerprint density at radius 1 is 1.23 bits per heavy atom. The maximum absolute atomic E-state index is 12.8. The number of aromatic nitrogens is 1. The maximum Gasteiger partial charge on any atom is 0.490 e. The van der Waals surface area contributed by atoms with Gasteiger partial charge in [-0.15, -0.1) is 0 Å². The van der Waals surface area contributed by atoms with Crippen molar-refractivity contribution in [2.75, 3.05) is 26.3 Å². The van der Waals surface area contributed by atoms with Crippen LogP contribution in [0.3, 0.4) is 0 Å². The SMILES string of the molecule is N#Cc1cccc(C(=O)N2C[C@H]3[C@@H](CCOCc4ccncc4)CO[C@H]3C2)c1.O=C(O)C(F)(F)F. The fourth-order valence-corrected chi connectivity index (χ4v) is 4.07. The number of ether oxygens (including phenoxy) is 2. The minimum atomic E-state index is -5.08. The highest BCUT2D eigenvalue weighted by molar-refractivity contribution is 5.94. The van der Waals surface area contributed by atoms with Gasteiger partial charge in [0.2, 0.25) is 0 Å². The molecule has 0 unspecified atom stereocenters. The molecule has 186 valence electrons. The highest BCUT2D eigenvalue weighted by Gasteiger charge is 2.45. The third kappa shape index (κ3) is 7.24. The molecule has 0 aliphatic carbocycles. The number of halogens is 3. The topological polar surface area (TPSA) is 113 Å². The lowest BCUT2D eigenvalue weighted by atomic mass is 9.91. The monoisotopic (exact) mass is 491 g/mol. The number of nitrogens with zero attached hydrogens (tertiary/aromatic N) is 3. The van der Waals surface area contributed by atoms with Gasteiger partial charge in [0, 0.05) is 43.6 Å². The summed E-state index contributed by atoms with van der Waals surface area (Å²) in [5.74, 6) is -2.02. The predicted molar refractivity (Wildman–Crippen MR) is 116 cm³/mol. The summed E-state index contributed by atoms with van der Waals surface area (Å²) >= 11 is 0. The lowest BCUT2D eigenvalue weighted by molar-refractivity contribution is -0.192. The first-order valence-electron chi connectivity index (χ1n) is 10.9. The highest BCUT2D eigenvalue weighted by Crippen LogP contribution is 2.36. The number of aliphatic carboxylic acids is 1. The summed E-state index contributed by atoms with van der Waals surface area (Å²) in [6, 6.07) is 12.9. The molecule has 1 N–H and O–H groups in total. The second-order valence-corrected chi connectivity index (χ2v) is 8.20. The Bertz CT molecular complexity index is 1060. The van der Waals surface area contributed by atoms with Crippen LogP contribution in [0, 0.1) is 23.2 Å². The van der Waals surface area contributed by atoms with E-state index in [0.29, 0.717) is 49.3 Å². The van der Waals surface area contributed by atoms with Crippen molar-refractivity contribution >= 4 is 11.9 Å². The summed E-state index contributed by atoms with van der Waals surface area (Å²) in [6.45, 7) is 3.33. The van der Waals surface area contributed by atoms with Crippen molar-refractivity contribution in [3.05, 3.63) is 65.5 Å². The van der Waals surface area contributed by atoms with Crippen LogP contribution in [0.2, 0.25) is 0 Å². The van der Waals surface area contributed by atoms with Gasteiger partial charge in [0.15, 0.2) is 0 Å². The Hall–Kier alpha value is -3.49. The fraction of sp³-hybridized carbons (Fsp3) is 0.417. The minimum absolute atomic E-state index is 0.0252. The number of likely N-dealkylation sites (tertiary alicyclic amines) is 1. The number of carbonyl (C=O) groups is 2. The van der Waals surface area contributed by atoms with E-state index in [4.69, 9.17) is 24.6 Å². The van der Waals surface area contributed by atoms with E-state index >= 15 is 0 Å². The van der Waals surface area contributed by atoms with Gasteiger partial charge < -0.3 is 19.5 Å². The fourth-order valence-electron chi connectivity index (χ4n) is 4.07. The molecular formula is C24H24F3N3O5. The van der Waals surface area contributed by atoms with E-state index in [1.807, 2.05) is 17.0 Å². The quantitative estimate of drug-likeness (QED) is 0.617. The zero-order valence-corrected chi connectivity index (χ0v) is 18.6. The van der Waals surface area contributed by atoms with Crippen LogP contribution in [0.5, 0.6) is 0 Å². The van der Waals surface area contributed by atoms with Gasteiger partial charge in [0.1, 0.15) is 0 Å². The number of benzene rings is 1. The Labute approximate surface area is 199 Å². The van der Waals surface area contributed by atoms with Gasteiger partial charge in [-0.2, -0.15) is 18.4 Å². The number of alkyl halides is 3. The van der Waals surface area contributed by atoms with Gasteiger partial charge in [-0.05, 0) is 48.2 Å². The van der Waals surface area contributed by atoms with Crippen molar-refractivity contribution in [2.24, 2.45) is 11.8 Å². The van der Waals surface area contributed by atoms with Crippen molar-refractivity contribution in [1.82, 2.24) is 9.88 Å². The molecule has 0 spiro atoms. The first kappa shape index (κ1) is 26.1. The van der Waals surface area contributed by atoms with E-state index < -0.39 is 12.1 Å². The number of nitriles is 1. The number of hydrogen-bond donors (Lipinski definition) is 1. The normalized spacial score (nSPS) is 21.0. The second kappa shape index (κ2) is 11.8. The molecular weight excluding hydrogens is 467 g/mol. The van der Waals surface area contributed by atoms with Crippen LogP contribution >= 0.6 is 0 Å². The summed E-state index contributed by atoms with van der Waals surface area (Å²) < 4.78 is 43.5. The molecule has 0 saturated carbocycles. The molecule has 8 nitrogen and oxygen atoms in total. The molecule has 1 aromatic carbocycles. The van der Waals surface area contributed by atoms with Crippen molar-refractivity contribution in [1.29, 1.82) is 5.26 Å². The maximum atomic E-state index is 12.8. The van der Waals surface area contributed by atoms with Crippen LogP contribution in [0.15, 0.2) is 48.8 Å². The first-order valence-corrected chi connectivity index (χ1v) is 10.9. The number of pyridine rings is 1. The van der Waals surface area contributed by atoms with Gasteiger partial charge in [0.25, 0.3) is 5.91 Å². The third-order valence-corrected chi connectivity index (χ3v) is 5.86. The summed E-state index contributed by atoms with van der Waals surface area (Å²) in [4.78, 5) is 27.6. The van der Waals surface area contributed by atoms with E-state index in [0.717, 1.165) is 18.6 Å². The number of rotatable bonds is 6. The van der Waals surface area contributed by atoms with Crippen molar-refractivity contribution in [3.63, 3.8) is 0 Å². The van der Waals surface area contributed by atoms with Crippen molar-refractivity contribution < 1.29 is 37.3 Å². The molecule has 2 aromatic rings. The predicted octanol–water partition coefficient (Wildman–Crippen LogP) is 3.28. The van der Waals surface area contributed by atoms with E-state index in [1.165, 1.54) is 0 Å². The number of hydrogen-bond acceptors (Lipinski definition) is 6. The molecule has 11 heteroatoms. The Balaban J connectivity index is 0.000000429. The Morgan fingerprint density at radius 2 is 1.94 bits per heavy atom. The van der Waals surface area contributed by atoms with E-state index in [9.17, 15) is 18.0 Å². The zero-order valence-electron chi connectivity index (χ0n) is 18.6. The van der Waals surface area contributed by atoms with Crippen LogP contribution in [0.25, 0.3) is 0 Å². The summed E-state index contributed by atoms with van der Waals surface area (Å²) in [5.41, 5.74) is 2.19. The average Bonchev–Trinajstić information content (AvgIpc) is 3.43. The number of carbonyl (C=O) groups excluding carboxylic acids is 1. The zero-order chi connectivity index (χ0) is 25.4. The van der Waals surface area contributed by atoms with Crippen LogP contribution in [-0.4, -0.2) is 65.5 Å². The molecule has 2 aliphatic rings. The van der Waals surface area contributed by atoms with Crippen LogP contribution < -0.4 is 0 Å². The van der Waals surface area contributed by atoms with Gasteiger partial charge in [-0.25, -0.2) is 4.79 Å². The lowest BCUT2D eigenvalue weighted by Crippen LogP contribution is -2.31. The smallest absolute Gasteiger partial charge is 0.475 e. The third-order valence-electron chi connectivity index (χ3n) is 5.86. The molecule has 0 radical (unpaired) electrons. The molecule has 0 bridgehead atoms. The summed E-state index contributed by atoms with van der Waals surface area (Å²) in [7, 11) is 0. The van der Waals surface area contributed by atoms with Crippen LogP contribution in [0.1, 0.15) is 27.9 Å². The first-order chi connectivity index (χ1) is 16.7. The van der Waals surface area contributed by atoms with E-state index in [-0.39, 0.29) is 12.0 Å². The van der Waals surface area contributed by atoms with Gasteiger partial charge >= 0.3 is 12.1 Å². The second-order valence-electron chi connectivity index (χ2n) is 8.20. The Kier molecular flexibility index (Phi) is 8.78. The highest BCUT2D eigenvalue weighted by atomic mass is 19.4. The molecule has 2 saturated heterocycles. The molecule has 1 aromatic heterocycles. The standard InChI is InChI=1S/C22H23N3O3.C2HF3O2/c23-11-17-2-1-3-18(10-17)22(26)25-12-20-19(15-28-21(20)13-25)6-9-27-14-16-4-7-24-8-5-16;3-2(4,5)1(6)7/h1-5,7-8,10,19-21H,6,9,12-15H2;(H,6,7)/t19-,20-,21-;/m0./s1. The van der Waals surface area contributed by atoms with E-state index in [2.05, 4.69) is 11.1 Å². The molecule has 4 rings (SSSR count).